The van der Waals surface area contributed by atoms with Crippen molar-refractivity contribution in [1.82, 2.24) is 0 Å². The fraction of sp³-hybridized carbons (Fsp3) is 0.688. The Bertz CT molecular complexity index is 330. The molecule has 0 aromatic heterocycles. The van der Waals surface area contributed by atoms with Crippen molar-refractivity contribution in [3.8, 4) is 0 Å². The monoisotopic (exact) mass is 219 g/mol. The van der Waals surface area contributed by atoms with Gasteiger partial charge >= 0.3 is 0 Å². The Morgan fingerprint density at radius 2 is 1.19 bits per heavy atom. The summed E-state index contributed by atoms with van der Waals surface area (Å²) in [6.45, 7) is 18.5. The minimum Gasteiger partial charge on any atom is -0.195 e. The highest BCUT2D eigenvalue weighted by atomic mass is 14.3. The molecule has 1 rings (SSSR count). The van der Waals surface area contributed by atoms with E-state index < -0.39 is 0 Å². The van der Waals surface area contributed by atoms with Crippen LogP contribution >= 0.6 is 0 Å². The maximum atomic E-state index is 2.32. The van der Waals surface area contributed by atoms with Crippen LogP contribution in [0.15, 0.2) is 0 Å². The molecule has 16 heavy (non-hydrogen) atoms. The van der Waals surface area contributed by atoms with Crippen LogP contribution in [0.3, 0.4) is 0 Å². The third-order valence-electron chi connectivity index (χ3n) is 3.64. The largest absolute Gasteiger partial charge is 0.195 e. The van der Waals surface area contributed by atoms with Crippen LogP contribution in [0.25, 0.3) is 0 Å². The molecule has 0 aliphatic rings. The summed E-state index contributed by atoms with van der Waals surface area (Å²) in [5.41, 5.74) is 7.90. The lowest BCUT2D eigenvalue weighted by molar-refractivity contribution is 0.789. The van der Waals surface area contributed by atoms with E-state index in [4.69, 9.17) is 0 Å². The molecule has 1 aromatic rings. The summed E-state index contributed by atoms with van der Waals surface area (Å²) in [5, 5.41) is 0. The predicted molar refractivity (Wildman–Crippen MR) is 73.8 cm³/mol. The summed E-state index contributed by atoms with van der Waals surface area (Å²) in [6, 6.07) is 0. The predicted octanol–water partition coefficient (Wildman–Crippen LogP) is 5.39. The Labute approximate surface area is 101 Å². The van der Waals surface area contributed by atoms with Crippen molar-refractivity contribution < 1.29 is 0 Å². The van der Waals surface area contributed by atoms with Crippen LogP contribution in [0.1, 0.15) is 87.1 Å². The van der Waals surface area contributed by atoms with Crippen LogP contribution in [-0.4, -0.2) is 0 Å². The van der Waals surface area contributed by atoms with Crippen LogP contribution in [0.4, 0.5) is 0 Å². The van der Waals surface area contributed by atoms with Gasteiger partial charge in [-0.1, -0.05) is 61.3 Å². The first-order valence-corrected chi connectivity index (χ1v) is 6.58. The third-order valence-corrected chi connectivity index (χ3v) is 3.64. The molecule has 0 spiro atoms. The first-order valence-electron chi connectivity index (χ1n) is 6.58. The summed E-state index contributed by atoms with van der Waals surface area (Å²) in [6.07, 6.45) is 0. The van der Waals surface area contributed by atoms with Crippen LogP contribution < -0.4 is 0 Å². The lowest BCUT2D eigenvalue weighted by atomic mass is 9.91. The van der Waals surface area contributed by atoms with Crippen molar-refractivity contribution >= 4 is 0 Å². The molecule has 0 atom stereocenters. The van der Waals surface area contributed by atoms with Crippen molar-refractivity contribution in [2.75, 3.05) is 0 Å². The van der Waals surface area contributed by atoms with E-state index in [1.165, 1.54) is 0 Å². The van der Waals surface area contributed by atoms with E-state index in [0.29, 0.717) is 17.8 Å². The summed E-state index contributed by atoms with van der Waals surface area (Å²) >= 11 is 0. The highest BCUT2D eigenvalue weighted by Gasteiger charge is 2.14. The van der Waals surface area contributed by atoms with E-state index >= 15 is 0 Å². The second-order valence-electron chi connectivity index (χ2n) is 5.96. The topological polar surface area (TPSA) is 0 Å². The molecule has 0 radical (unpaired) electrons. The molecule has 0 nitrogen and oxygen atoms in total. The molecule has 0 saturated heterocycles. The van der Waals surface area contributed by atoms with Crippen molar-refractivity contribution in [2.24, 2.45) is 0 Å². The molecule has 0 amide bonds. The van der Waals surface area contributed by atoms with Gasteiger partial charge in [0.2, 0.25) is 0 Å². The second kappa shape index (κ2) is 4.69. The first-order chi connectivity index (χ1) is 7.29. The van der Waals surface area contributed by atoms with Crippen molar-refractivity contribution in [3.05, 3.63) is 27.8 Å². The minimum atomic E-state index is 0.642. The molecule has 0 N–H and O–H groups in total. The maximum absolute atomic E-state index is 2.32. The summed E-state index contributed by atoms with van der Waals surface area (Å²) in [5.74, 6) is 1.93. The zero-order chi connectivity index (χ0) is 12.6. The van der Waals surface area contributed by atoms with Gasteiger partial charge in [0.15, 0.2) is 0 Å². The average Bonchev–Trinajstić information content (AvgIpc) is 2.36. The molecule has 0 aliphatic heterocycles. The van der Waals surface area contributed by atoms with Gasteiger partial charge in [-0.15, -0.1) is 0 Å². The highest BCUT2D eigenvalue weighted by molar-refractivity contribution is 5.54. The van der Waals surface area contributed by atoms with Gasteiger partial charge in [-0.25, -0.2) is 0 Å². The van der Waals surface area contributed by atoms with E-state index in [2.05, 4.69) is 55.4 Å². The standard InChI is InChI=1S/C16H27/c1-9(2)14-12(7)15(10(3)4)16(11(5)6)13(14)8/h9-11H,1-8H3/q-1. The van der Waals surface area contributed by atoms with Crippen LogP contribution in [0.2, 0.25) is 0 Å². The Balaban J connectivity index is 3.53. The van der Waals surface area contributed by atoms with Gasteiger partial charge in [-0.3, -0.25) is 0 Å². The van der Waals surface area contributed by atoms with Gasteiger partial charge in [0.1, 0.15) is 0 Å². The molecule has 0 bridgehead atoms. The average molecular weight is 219 g/mol. The Morgan fingerprint density at radius 3 is 1.44 bits per heavy atom. The molecule has 1 aromatic carbocycles. The minimum absolute atomic E-state index is 0.642. The zero-order valence-electron chi connectivity index (χ0n) is 12.2. The fourth-order valence-corrected chi connectivity index (χ4v) is 3.33. The second-order valence-corrected chi connectivity index (χ2v) is 5.96. The molecule has 0 heterocycles. The van der Waals surface area contributed by atoms with E-state index in [9.17, 15) is 0 Å². The quantitative estimate of drug-likeness (QED) is 0.598. The summed E-state index contributed by atoms with van der Waals surface area (Å²) in [4.78, 5) is 0. The SMILES string of the molecule is Cc1c(C(C)C)c(C(C)C)[c-](C)c1C(C)C. The van der Waals surface area contributed by atoms with Gasteiger partial charge in [-0.05, 0) is 11.8 Å². The molecule has 92 valence electrons. The van der Waals surface area contributed by atoms with Crippen molar-refractivity contribution in [3.63, 3.8) is 0 Å². The normalized spacial score (nSPS) is 12.2. The van der Waals surface area contributed by atoms with Crippen LogP contribution in [0.5, 0.6) is 0 Å². The lowest BCUT2D eigenvalue weighted by Crippen LogP contribution is -1.97. The third kappa shape index (κ3) is 2.07. The van der Waals surface area contributed by atoms with E-state index in [1.807, 2.05) is 0 Å². The van der Waals surface area contributed by atoms with E-state index in [-0.39, 0.29) is 0 Å². The maximum Gasteiger partial charge on any atom is -0.0447 e. The van der Waals surface area contributed by atoms with Gasteiger partial charge < -0.3 is 0 Å². The Hall–Kier alpha value is -0.650. The van der Waals surface area contributed by atoms with Crippen LogP contribution in [0, 0.1) is 13.8 Å². The van der Waals surface area contributed by atoms with Gasteiger partial charge in [0, 0.05) is 0 Å². The number of rotatable bonds is 3. The number of hydrogen-bond acceptors (Lipinski definition) is 0. The van der Waals surface area contributed by atoms with Gasteiger partial charge in [0.05, 0.1) is 0 Å². The fourth-order valence-electron chi connectivity index (χ4n) is 3.33. The lowest BCUT2D eigenvalue weighted by Gasteiger charge is -2.22. The molecular formula is C16H27-. The molecule has 0 saturated carbocycles. The van der Waals surface area contributed by atoms with Gasteiger partial charge in [0.25, 0.3) is 0 Å². The molecule has 0 unspecified atom stereocenters. The van der Waals surface area contributed by atoms with Crippen molar-refractivity contribution in [1.29, 1.82) is 0 Å². The van der Waals surface area contributed by atoms with Crippen LogP contribution in [-0.2, 0) is 0 Å². The summed E-state index contributed by atoms with van der Waals surface area (Å²) < 4.78 is 0. The first kappa shape index (κ1) is 13.4. The van der Waals surface area contributed by atoms with Crippen molar-refractivity contribution in [2.45, 2.75) is 73.1 Å². The Morgan fingerprint density at radius 1 is 0.750 bits per heavy atom. The molecule has 0 fully saturated rings. The summed E-state index contributed by atoms with van der Waals surface area (Å²) in [7, 11) is 0. The smallest absolute Gasteiger partial charge is 0.0447 e. The molecule has 0 aliphatic carbocycles. The highest BCUT2D eigenvalue weighted by Crippen LogP contribution is 2.40. The van der Waals surface area contributed by atoms with E-state index in [1.54, 1.807) is 27.8 Å². The molecule has 0 heteroatoms. The van der Waals surface area contributed by atoms with E-state index in [0.717, 1.165) is 0 Å². The zero-order valence-corrected chi connectivity index (χ0v) is 12.2. The Kier molecular flexibility index (Phi) is 3.93. The van der Waals surface area contributed by atoms with Gasteiger partial charge in [-0.2, -0.15) is 27.8 Å². The number of hydrogen-bond donors (Lipinski definition) is 0. The molecular weight excluding hydrogens is 192 g/mol.